The highest BCUT2D eigenvalue weighted by Gasteiger charge is 2.16. The lowest BCUT2D eigenvalue weighted by Crippen LogP contribution is -2.17. The van der Waals surface area contributed by atoms with E-state index in [1.165, 1.54) is 23.0 Å². The van der Waals surface area contributed by atoms with Gasteiger partial charge in [0.2, 0.25) is 0 Å². The molecule has 0 atom stereocenters. The maximum Gasteiger partial charge on any atom is 0.280 e. The molecule has 0 spiro atoms. The number of aryl methyl sites for hydroxylation is 2. The lowest BCUT2D eigenvalue weighted by Gasteiger charge is -2.12. The Morgan fingerprint density at radius 2 is 1.69 bits per heavy atom. The number of aromatic amines is 1. The van der Waals surface area contributed by atoms with Gasteiger partial charge in [0.1, 0.15) is 5.75 Å². The number of benzene rings is 3. The molecule has 0 unspecified atom stereocenters. The summed E-state index contributed by atoms with van der Waals surface area (Å²) in [6.45, 7) is 6.03. The van der Waals surface area contributed by atoms with E-state index < -0.39 is 10.0 Å². The van der Waals surface area contributed by atoms with E-state index in [0.29, 0.717) is 35.0 Å². The Balaban J connectivity index is 1.54. The Morgan fingerprint density at radius 1 is 1.00 bits per heavy atom. The lowest BCUT2D eigenvalue weighted by molar-refractivity contribution is 0.342. The van der Waals surface area contributed by atoms with Crippen LogP contribution >= 0.6 is 0 Å². The number of nitrogens with zero attached hydrogens (tertiary/aromatic N) is 2. The Kier molecular flexibility index (Phi) is 6.88. The van der Waals surface area contributed by atoms with Crippen molar-refractivity contribution in [3.8, 4) is 11.4 Å². The predicted octanol–water partition coefficient (Wildman–Crippen LogP) is 4.73. The third-order valence-corrected chi connectivity index (χ3v) is 6.71. The van der Waals surface area contributed by atoms with Crippen LogP contribution in [0.5, 0.6) is 5.75 Å². The van der Waals surface area contributed by atoms with Crippen molar-refractivity contribution >= 4 is 27.6 Å². The van der Waals surface area contributed by atoms with Gasteiger partial charge in [0.15, 0.2) is 0 Å². The summed E-state index contributed by atoms with van der Waals surface area (Å²) in [4.78, 5) is 17.3. The van der Waals surface area contributed by atoms with Crippen LogP contribution < -0.4 is 15.0 Å². The minimum absolute atomic E-state index is 0.0855. The Labute approximate surface area is 204 Å². The van der Waals surface area contributed by atoms with Crippen molar-refractivity contribution in [1.82, 2.24) is 9.78 Å². The maximum atomic E-state index is 12.9. The second kappa shape index (κ2) is 10.0. The number of sulfonamides is 1. The van der Waals surface area contributed by atoms with Crippen molar-refractivity contribution in [3.63, 3.8) is 0 Å². The molecule has 1 heterocycles. The standard InChI is InChI=1S/C26H26N4O4S/c1-4-34-25-8-6-5-7-24(25)29-35(32,33)22-15-11-20(12-16-22)27-17-23-19(3)28-30(26(23)31)21-13-9-18(2)10-14-21/h5-17,28-29H,4H2,1-3H3. The Morgan fingerprint density at radius 3 is 2.37 bits per heavy atom. The molecule has 0 saturated heterocycles. The smallest absolute Gasteiger partial charge is 0.280 e. The molecule has 0 radical (unpaired) electrons. The normalized spacial score (nSPS) is 11.6. The number of rotatable bonds is 8. The predicted molar refractivity (Wildman–Crippen MR) is 138 cm³/mol. The molecule has 180 valence electrons. The van der Waals surface area contributed by atoms with E-state index in [4.69, 9.17) is 4.74 Å². The van der Waals surface area contributed by atoms with Gasteiger partial charge in [0.25, 0.3) is 15.6 Å². The van der Waals surface area contributed by atoms with Crippen LogP contribution in [0.2, 0.25) is 0 Å². The van der Waals surface area contributed by atoms with Gasteiger partial charge in [-0.15, -0.1) is 0 Å². The van der Waals surface area contributed by atoms with Crippen molar-refractivity contribution in [2.24, 2.45) is 4.99 Å². The molecule has 8 nitrogen and oxygen atoms in total. The zero-order valence-electron chi connectivity index (χ0n) is 19.6. The summed E-state index contributed by atoms with van der Waals surface area (Å²) in [5.41, 5.74) is 3.60. The number of anilines is 1. The van der Waals surface area contributed by atoms with E-state index in [0.717, 1.165) is 11.3 Å². The average molecular weight is 491 g/mol. The summed E-state index contributed by atoms with van der Waals surface area (Å²) < 4.78 is 35.2. The monoisotopic (exact) mass is 490 g/mol. The van der Waals surface area contributed by atoms with Gasteiger partial charge in [-0.3, -0.25) is 19.6 Å². The highest BCUT2D eigenvalue weighted by atomic mass is 32.2. The van der Waals surface area contributed by atoms with Gasteiger partial charge >= 0.3 is 0 Å². The van der Waals surface area contributed by atoms with Crippen molar-refractivity contribution in [1.29, 1.82) is 0 Å². The van der Waals surface area contributed by atoms with Crippen LogP contribution in [0.4, 0.5) is 11.4 Å². The van der Waals surface area contributed by atoms with Crippen LogP contribution in [0, 0.1) is 13.8 Å². The molecule has 9 heteroatoms. The Hall–Kier alpha value is -4.11. The molecule has 2 N–H and O–H groups in total. The first kappa shape index (κ1) is 24.0. The second-order valence-electron chi connectivity index (χ2n) is 7.91. The topological polar surface area (TPSA) is 106 Å². The van der Waals surface area contributed by atoms with E-state index >= 15 is 0 Å². The summed E-state index contributed by atoms with van der Waals surface area (Å²) in [7, 11) is -3.82. The number of nitrogens with one attached hydrogen (secondary N) is 2. The van der Waals surface area contributed by atoms with Crippen LogP contribution in [-0.4, -0.2) is 31.0 Å². The zero-order valence-corrected chi connectivity index (χ0v) is 20.5. The largest absolute Gasteiger partial charge is 0.492 e. The number of hydrogen-bond donors (Lipinski definition) is 2. The van der Waals surface area contributed by atoms with Gasteiger partial charge in [-0.05, 0) is 69.3 Å². The number of para-hydroxylation sites is 2. The van der Waals surface area contributed by atoms with Gasteiger partial charge in [0.05, 0.1) is 34.1 Å². The summed E-state index contributed by atoms with van der Waals surface area (Å²) >= 11 is 0. The molecular formula is C26H26N4O4S. The van der Waals surface area contributed by atoms with Gasteiger partial charge in [-0.2, -0.15) is 0 Å². The van der Waals surface area contributed by atoms with E-state index in [9.17, 15) is 13.2 Å². The molecule has 1 aromatic heterocycles. The molecule has 0 aliphatic heterocycles. The number of aliphatic imine (C=N–C) groups is 1. The fourth-order valence-electron chi connectivity index (χ4n) is 3.47. The van der Waals surface area contributed by atoms with Crippen LogP contribution in [-0.2, 0) is 10.0 Å². The van der Waals surface area contributed by atoms with Gasteiger partial charge < -0.3 is 4.74 Å². The SMILES string of the molecule is CCOc1ccccc1NS(=O)(=O)c1ccc(N=Cc2c(C)[nH]n(-c3ccc(C)cc3)c2=O)cc1. The highest BCUT2D eigenvalue weighted by molar-refractivity contribution is 7.92. The second-order valence-corrected chi connectivity index (χ2v) is 9.60. The maximum absolute atomic E-state index is 12.9. The third kappa shape index (κ3) is 5.36. The number of hydrogen-bond acceptors (Lipinski definition) is 5. The molecule has 0 saturated carbocycles. The molecule has 4 rings (SSSR count). The molecular weight excluding hydrogens is 464 g/mol. The molecule has 35 heavy (non-hydrogen) atoms. The Bertz CT molecular complexity index is 1520. The van der Waals surface area contributed by atoms with Gasteiger partial charge in [-0.25, -0.2) is 13.1 Å². The third-order valence-electron chi connectivity index (χ3n) is 5.33. The number of H-pyrrole nitrogens is 1. The number of ether oxygens (including phenoxy) is 1. The molecule has 3 aromatic carbocycles. The molecule has 0 aliphatic rings. The zero-order chi connectivity index (χ0) is 25.0. The van der Waals surface area contributed by atoms with Crippen molar-refractivity contribution in [2.75, 3.05) is 11.3 Å². The van der Waals surface area contributed by atoms with Gasteiger partial charge in [0, 0.05) is 11.9 Å². The molecule has 0 bridgehead atoms. The first-order chi connectivity index (χ1) is 16.8. The fourth-order valence-corrected chi connectivity index (χ4v) is 4.54. The summed E-state index contributed by atoms with van der Waals surface area (Å²) in [6, 6.07) is 20.6. The summed E-state index contributed by atoms with van der Waals surface area (Å²) in [6.07, 6.45) is 1.49. The number of aromatic nitrogens is 2. The van der Waals surface area contributed by atoms with Crippen LogP contribution in [0.15, 0.2) is 87.5 Å². The van der Waals surface area contributed by atoms with Crippen molar-refractivity contribution in [3.05, 3.63) is 100.0 Å². The van der Waals surface area contributed by atoms with Crippen LogP contribution in [0.1, 0.15) is 23.7 Å². The van der Waals surface area contributed by atoms with E-state index in [1.807, 2.05) is 38.1 Å². The molecule has 0 fully saturated rings. The van der Waals surface area contributed by atoms with Crippen LogP contribution in [0.25, 0.3) is 5.69 Å². The van der Waals surface area contributed by atoms with E-state index in [2.05, 4.69) is 14.8 Å². The average Bonchev–Trinajstić information content (AvgIpc) is 3.13. The quantitative estimate of drug-likeness (QED) is 0.348. The summed E-state index contributed by atoms with van der Waals surface area (Å²) in [5, 5.41) is 3.07. The molecule has 4 aromatic rings. The van der Waals surface area contributed by atoms with Crippen molar-refractivity contribution < 1.29 is 13.2 Å². The van der Waals surface area contributed by atoms with Crippen molar-refractivity contribution in [2.45, 2.75) is 25.7 Å². The minimum atomic E-state index is -3.82. The molecule has 0 amide bonds. The van der Waals surface area contributed by atoms with E-state index in [-0.39, 0.29) is 10.5 Å². The van der Waals surface area contributed by atoms with Crippen LogP contribution in [0.3, 0.4) is 0 Å². The highest BCUT2D eigenvalue weighted by Crippen LogP contribution is 2.27. The first-order valence-corrected chi connectivity index (χ1v) is 12.5. The molecule has 0 aliphatic carbocycles. The fraction of sp³-hybridized carbons (Fsp3) is 0.154. The first-order valence-electron chi connectivity index (χ1n) is 11.1. The lowest BCUT2D eigenvalue weighted by atomic mass is 10.2. The summed E-state index contributed by atoms with van der Waals surface area (Å²) in [5.74, 6) is 0.456. The van der Waals surface area contributed by atoms with E-state index in [1.54, 1.807) is 43.3 Å². The van der Waals surface area contributed by atoms with Gasteiger partial charge in [-0.1, -0.05) is 29.8 Å². The minimum Gasteiger partial charge on any atom is -0.492 e.